The number of fused-ring (bicyclic) bond motifs is 1. The van der Waals surface area contributed by atoms with E-state index in [-0.39, 0.29) is 6.61 Å². The molecule has 0 saturated heterocycles. The number of hydrogen-bond acceptors (Lipinski definition) is 5. The Morgan fingerprint density at radius 1 is 1.69 bits per heavy atom. The molecule has 0 aromatic carbocycles. The topological polar surface area (TPSA) is 89.0 Å². The van der Waals surface area contributed by atoms with E-state index in [1.54, 1.807) is 18.3 Å². The molecule has 0 radical (unpaired) electrons. The SMILES string of the molecule is N#Cc1sc2ncccc2c1OCC(N)=O. The lowest BCUT2D eigenvalue weighted by atomic mass is 10.3. The third-order valence-corrected chi connectivity index (χ3v) is 2.88. The molecule has 80 valence electrons. The Hall–Kier alpha value is -2.13. The molecule has 0 fully saturated rings. The van der Waals surface area contributed by atoms with Crippen molar-refractivity contribution in [3.63, 3.8) is 0 Å². The van der Waals surface area contributed by atoms with Crippen LogP contribution in [0.15, 0.2) is 18.3 Å². The molecule has 0 aliphatic rings. The number of nitrogens with two attached hydrogens (primary N) is 1. The third kappa shape index (κ3) is 1.81. The molecule has 0 spiro atoms. The highest BCUT2D eigenvalue weighted by atomic mass is 32.1. The van der Waals surface area contributed by atoms with Crippen LogP contribution in [-0.4, -0.2) is 17.5 Å². The number of carbonyl (C=O) groups is 1. The van der Waals surface area contributed by atoms with Gasteiger partial charge in [-0.15, -0.1) is 11.3 Å². The highest BCUT2D eigenvalue weighted by Gasteiger charge is 2.14. The zero-order valence-electron chi connectivity index (χ0n) is 8.14. The van der Waals surface area contributed by atoms with Crippen LogP contribution in [0.3, 0.4) is 0 Å². The molecular formula is C10H7N3O2S. The van der Waals surface area contributed by atoms with Crippen molar-refractivity contribution in [1.29, 1.82) is 5.26 Å². The molecule has 5 nitrogen and oxygen atoms in total. The summed E-state index contributed by atoms with van der Waals surface area (Å²) in [7, 11) is 0. The van der Waals surface area contributed by atoms with Gasteiger partial charge in [-0.05, 0) is 12.1 Å². The molecule has 0 saturated carbocycles. The Kier molecular flexibility index (Phi) is 2.70. The first-order valence-electron chi connectivity index (χ1n) is 4.41. The van der Waals surface area contributed by atoms with Gasteiger partial charge in [-0.2, -0.15) is 5.26 Å². The first kappa shape index (κ1) is 10.4. The summed E-state index contributed by atoms with van der Waals surface area (Å²) in [5, 5.41) is 9.65. The second-order valence-corrected chi connectivity index (χ2v) is 3.98. The maximum absolute atomic E-state index is 10.6. The average Bonchev–Trinajstić information content (AvgIpc) is 2.64. The number of rotatable bonds is 3. The van der Waals surface area contributed by atoms with Crippen LogP contribution >= 0.6 is 11.3 Å². The summed E-state index contributed by atoms with van der Waals surface area (Å²) in [5.74, 6) is -0.193. The van der Waals surface area contributed by atoms with Crippen molar-refractivity contribution in [3.05, 3.63) is 23.2 Å². The van der Waals surface area contributed by atoms with Crippen LogP contribution in [0, 0.1) is 11.3 Å². The number of nitrogens with zero attached hydrogens (tertiary/aromatic N) is 2. The highest BCUT2D eigenvalue weighted by Crippen LogP contribution is 2.35. The van der Waals surface area contributed by atoms with Crippen molar-refractivity contribution in [2.24, 2.45) is 5.73 Å². The Morgan fingerprint density at radius 2 is 2.50 bits per heavy atom. The number of amides is 1. The molecule has 2 heterocycles. The van der Waals surface area contributed by atoms with Gasteiger partial charge < -0.3 is 10.5 Å². The number of primary amides is 1. The fourth-order valence-corrected chi connectivity index (χ4v) is 2.16. The van der Waals surface area contributed by atoms with Crippen LogP contribution in [0.5, 0.6) is 5.75 Å². The summed E-state index contributed by atoms with van der Waals surface area (Å²) in [6, 6.07) is 5.54. The lowest BCUT2D eigenvalue weighted by Gasteiger charge is -2.01. The van der Waals surface area contributed by atoms with E-state index in [2.05, 4.69) is 4.98 Å². The second kappa shape index (κ2) is 4.16. The lowest BCUT2D eigenvalue weighted by molar-refractivity contribution is -0.119. The second-order valence-electron chi connectivity index (χ2n) is 2.98. The van der Waals surface area contributed by atoms with Crippen molar-refractivity contribution in [3.8, 4) is 11.8 Å². The van der Waals surface area contributed by atoms with Crippen molar-refractivity contribution in [1.82, 2.24) is 4.98 Å². The van der Waals surface area contributed by atoms with E-state index >= 15 is 0 Å². The summed E-state index contributed by atoms with van der Waals surface area (Å²) in [5.41, 5.74) is 4.99. The monoisotopic (exact) mass is 233 g/mol. The predicted molar refractivity (Wildman–Crippen MR) is 59.0 cm³/mol. The van der Waals surface area contributed by atoms with Crippen molar-refractivity contribution in [2.45, 2.75) is 0 Å². The Labute approximate surface area is 95.1 Å². The smallest absolute Gasteiger partial charge is 0.255 e. The number of nitriles is 1. The van der Waals surface area contributed by atoms with Crippen LogP contribution in [0.1, 0.15) is 4.88 Å². The minimum absolute atomic E-state index is 0.241. The first-order chi connectivity index (χ1) is 7.72. The summed E-state index contributed by atoms with van der Waals surface area (Å²) in [6.07, 6.45) is 1.64. The van der Waals surface area contributed by atoms with E-state index < -0.39 is 5.91 Å². The molecule has 0 unspecified atom stereocenters. The van der Waals surface area contributed by atoms with Gasteiger partial charge in [0.05, 0.1) is 5.39 Å². The Balaban J connectivity index is 2.48. The molecule has 2 N–H and O–H groups in total. The molecule has 2 aromatic rings. The molecule has 6 heteroatoms. The lowest BCUT2D eigenvalue weighted by Crippen LogP contribution is -2.20. The molecular weight excluding hydrogens is 226 g/mol. The van der Waals surface area contributed by atoms with E-state index in [1.165, 1.54) is 11.3 Å². The minimum atomic E-state index is -0.577. The van der Waals surface area contributed by atoms with Gasteiger partial charge in [-0.25, -0.2) is 4.98 Å². The van der Waals surface area contributed by atoms with Crippen molar-refractivity contribution in [2.75, 3.05) is 6.61 Å². The Bertz CT molecular complexity index is 585. The summed E-state index contributed by atoms with van der Waals surface area (Å²) >= 11 is 1.23. The Morgan fingerprint density at radius 3 is 3.19 bits per heavy atom. The number of ether oxygens (including phenoxy) is 1. The maximum atomic E-state index is 10.6. The van der Waals surface area contributed by atoms with Gasteiger partial charge in [0.1, 0.15) is 15.8 Å². The van der Waals surface area contributed by atoms with Gasteiger partial charge in [0, 0.05) is 6.20 Å². The quantitative estimate of drug-likeness (QED) is 0.857. The normalized spacial score (nSPS) is 9.94. The number of thiophene rings is 1. The summed E-state index contributed by atoms with van der Waals surface area (Å²) in [4.78, 5) is 15.8. The molecule has 16 heavy (non-hydrogen) atoms. The van der Waals surface area contributed by atoms with Crippen molar-refractivity contribution >= 4 is 27.5 Å². The van der Waals surface area contributed by atoms with Crippen LogP contribution in [0.25, 0.3) is 10.2 Å². The third-order valence-electron chi connectivity index (χ3n) is 1.88. The first-order valence-corrected chi connectivity index (χ1v) is 5.22. The van der Waals surface area contributed by atoms with E-state index in [1.807, 2.05) is 6.07 Å². The van der Waals surface area contributed by atoms with Gasteiger partial charge in [0.2, 0.25) is 0 Å². The highest BCUT2D eigenvalue weighted by molar-refractivity contribution is 7.19. The van der Waals surface area contributed by atoms with Crippen LogP contribution in [-0.2, 0) is 4.79 Å². The van der Waals surface area contributed by atoms with Crippen LogP contribution < -0.4 is 10.5 Å². The van der Waals surface area contributed by atoms with Crippen LogP contribution in [0.2, 0.25) is 0 Å². The molecule has 0 atom stereocenters. The minimum Gasteiger partial charge on any atom is -0.481 e. The molecule has 0 aliphatic heterocycles. The largest absolute Gasteiger partial charge is 0.481 e. The molecule has 1 amide bonds. The van der Waals surface area contributed by atoms with Crippen molar-refractivity contribution < 1.29 is 9.53 Å². The number of carbonyl (C=O) groups excluding carboxylic acids is 1. The molecule has 2 rings (SSSR count). The summed E-state index contributed by atoms with van der Waals surface area (Å²) in [6.45, 7) is -0.241. The molecule has 0 aliphatic carbocycles. The van der Waals surface area contributed by atoms with E-state index in [0.717, 1.165) is 5.39 Å². The fourth-order valence-electron chi connectivity index (χ4n) is 1.27. The number of aromatic nitrogens is 1. The average molecular weight is 233 g/mol. The van der Waals surface area contributed by atoms with Gasteiger partial charge in [0.25, 0.3) is 5.91 Å². The maximum Gasteiger partial charge on any atom is 0.255 e. The van der Waals surface area contributed by atoms with Gasteiger partial charge >= 0.3 is 0 Å². The van der Waals surface area contributed by atoms with E-state index in [4.69, 9.17) is 15.7 Å². The molecule has 2 aromatic heterocycles. The zero-order valence-corrected chi connectivity index (χ0v) is 8.95. The predicted octanol–water partition coefficient (Wildman–Crippen LogP) is 1.03. The van der Waals surface area contributed by atoms with Gasteiger partial charge in [0.15, 0.2) is 12.4 Å². The van der Waals surface area contributed by atoms with Crippen LogP contribution in [0.4, 0.5) is 0 Å². The standard InChI is InChI=1S/C10H7N3O2S/c11-4-7-9(15-5-8(12)14)6-2-1-3-13-10(6)16-7/h1-3H,5H2,(H2,12,14). The fraction of sp³-hybridized carbons (Fsp3) is 0.100. The summed E-state index contributed by atoms with van der Waals surface area (Å²) < 4.78 is 5.22. The number of hydrogen-bond donors (Lipinski definition) is 1. The zero-order chi connectivity index (χ0) is 11.5. The van der Waals surface area contributed by atoms with E-state index in [0.29, 0.717) is 15.5 Å². The molecule has 0 bridgehead atoms. The van der Waals surface area contributed by atoms with E-state index in [9.17, 15) is 4.79 Å². The number of pyridine rings is 1. The van der Waals surface area contributed by atoms with Gasteiger partial charge in [-0.3, -0.25) is 4.79 Å². The van der Waals surface area contributed by atoms with Gasteiger partial charge in [-0.1, -0.05) is 0 Å².